The number of likely N-dealkylation sites (tertiary alicyclic amines) is 1. The average molecular weight is 229 g/mol. The maximum Gasteiger partial charge on any atom is 0.309 e. The fraction of sp³-hybridized carbons (Fsp3) is 0.917. The molecule has 0 spiro atoms. The summed E-state index contributed by atoms with van der Waals surface area (Å²) >= 11 is 0. The van der Waals surface area contributed by atoms with Crippen molar-refractivity contribution in [3.63, 3.8) is 0 Å². The van der Waals surface area contributed by atoms with E-state index in [1.165, 1.54) is 7.11 Å². The number of methoxy groups -OCH3 is 1. The molecule has 1 N–H and O–H groups in total. The van der Waals surface area contributed by atoms with Crippen molar-refractivity contribution in [3.05, 3.63) is 0 Å². The van der Waals surface area contributed by atoms with Crippen molar-refractivity contribution in [1.29, 1.82) is 0 Å². The van der Waals surface area contributed by atoms with Crippen molar-refractivity contribution >= 4 is 5.97 Å². The second kappa shape index (κ2) is 6.21. The summed E-state index contributed by atoms with van der Waals surface area (Å²) in [5.74, 6) is 0.218. The predicted molar refractivity (Wildman–Crippen MR) is 62.0 cm³/mol. The van der Waals surface area contributed by atoms with Crippen molar-refractivity contribution in [2.75, 3.05) is 26.7 Å². The highest BCUT2D eigenvalue weighted by molar-refractivity contribution is 5.72. The van der Waals surface area contributed by atoms with Gasteiger partial charge in [0.2, 0.25) is 0 Å². The van der Waals surface area contributed by atoms with Crippen LogP contribution in [0.2, 0.25) is 0 Å². The molecule has 1 aliphatic rings. The molecule has 2 atom stereocenters. The fourth-order valence-corrected chi connectivity index (χ4v) is 2.28. The molecular weight excluding hydrogens is 206 g/mol. The lowest BCUT2D eigenvalue weighted by atomic mass is 9.92. The van der Waals surface area contributed by atoms with Gasteiger partial charge in [-0.05, 0) is 38.8 Å². The van der Waals surface area contributed by atoms with E-state index < -0.39 is 0 Å². The summed E-state index contributed by atoms with van der Waals surface area (Å²) in [7, 11) is 1.43. The minimum Gasteiger partial charge on any atom is -0.469 e. The molecule has 1 fully saturated rings. The molecule has 0 aromatic carbocycles. The van der Waals surface area contributed by atoms with Crippen LogP contribution in [0, 0.1) is 11.8 Å². The summed E-state index contributed by atoms with van der Waals surface area (Å²) in [6.45, 7) is 6.46. The van der Waals surface area contributed by atoms with E-state index >= 15 is 0 Å². The molecule has 0 aromatic rings. The van der Waals surface area contributed by atoms with Gasteiger partial charge in [-0.1, -0.05) is 6.92 Å². The molecule has 0 aromatic heterocycles. The maximum atomic E-state index is 11.3. The summed E-state index contributed by atoms with van der Waals surface area (Å²) in [5, 5.41) is 9.48. The molecule has 0 saturated carbocycles. The third-order valence-corrected chi connectivity index (χ3v) is 3.45. The largest absolute Gasteiger partial charge is 0.469 e. The van der Waals surface area contributed by atoms with E-state index in [0.29, 0.717) is 5.92 Å². The van der Waals surface area contributed by atoms with Crippen LogP contribution in [0.4, 0.5) is 0 Å². The van der Waals surface area contributed by atoms with Crippen molar-refractivity contribution in [2.45, 2.75) is 32.8 Å². The number of carbonyl (C=O) groups is 1. The van der Waals surface area contributed by atoms with Gasteiger partial charge < -0.3 is 14.7 Å². The fourth-order valence-electron chi connectivity index (χ4n) is 2.28. The van der Waals surface area contributed by atoms with Gasteiger partial charge in [0.1, 0.15) is 0 Å². The zero-order valence-corrected chi connectivity index (χ0v) is 10.5. The summed E-state index contributed by atoms with van der Waals surface area (Å²) in [4.78, 5) is 13.5. The number of esters is 1. The molecule has 0 amide bonds. The Morgan fingerprint density at radius 1 is 1.44 bits per heavy atom. The molecule has 0 aliphatic carbocycles. The van der Waals surface area contributed by atoms with Gasteiger partial charge in [0.05, 0.1) is 19.1 Å². The first-order valence-electron chi connectivity index (χ1n) is 6.02. The van der Waals surface area contributed by atoms with Gasteiger partial charge in [-0.25, -0.2) is 0 Å². The molecule has 16 heavy (non-hydrogen) atoms. The van der Waals surface area contributed by atoms with Gasteiger partial charge in [0, 0.05) is 6.54 Å². The molecule has 1 rings (SSSR count). The van der Waals surface area contributed by atoms with Crippen molar-refractivity contribution < 1.29 is 14.6 Å². The zero-order valence-electron chi connectivity index (χ0n) is 10.5. The summed E-state index contributed by atoms with van der Waals surface area (Å²) in [5.41, 5.74) is 0. The topological polar surface area (TPSA) is 49.8 Å². The highest BCUT2D eigenvalue weighted by Crippen LogP contribution is 2.21. The highest BCUT2D eigenvalue weighted by atomic mass is 16.5. The number of hydrogen-bond acceptors (Lipinski definition) is 4. The van der Waals surface area contributed by atoms with E-state index in [1.54, 1.807) is 0 Å². The molecule has 1 heterocycles. The number of piperidine rings is 1. The number of aliphatic hydroxyl groups excluding tert-OH is 1. The first kappa shape index (κ1) is 13.5. The molecule has 0 radical (unpaired) electrons. The molecule has 4 heteroatoms. The number of hydrogen-bond donors (Lipinski definition) is 1. The van der Waals surface area contributed by atoms with E-state index in [0.717, 1.165) is 32.5 Å². The monoisotopic (exact) mass is 229 g/mol. The normalized spacial score (nSPS) is 22.8. The predicted octanol–water partition coefficient (Wildman–Crippen LogP) is 0.888. The Labute approximate surface area is 97.6 Å². The highest BCUT2D eigenvalue weighted by Gasteiger charge is 2.25. The van der Waals surface area contributed by atoms with Crippen LogP contribution in [0.5, 0.6) is 0 Å². The number of aliphatic hydroxyl groups is 1. The maximum absolute atomic E-state index is 11.3. The molecule has 2 unspecified atom stereocenters. The van der Waals surface area contributed by atoms with Crippen LogP contribution in [0.25, 0.3) is 0 Å². The Bertz CT molecular complexity index is 222. The number of rotatable bonds is 4. The second-order valence-electron chi connectivity index (χ2n) is 4.80. The average Bonchev–Trinajstić information content (AvgIpc) is 2.28. The zero-order chi connectivity index (χ0) is 12.1. The molecule has 4 nitrogen and oxygen atoms in total. The Kier molecular flexibility index (Phi) is 5.22. The van der Waals surface area contributed by atoms with E-state index in [-0.39, 0.29) is 18.0 Å². The smallest absolute Gasteiger partial charge is 0.309 e. The Balaban J connectivity index is 2.29. The third kappa shape index (κ3) is 3.76. The molecule has 94 valence electrons. The quantitative estimate of drug-likeness (QED) is 0.727. The molecule has 1 saturated heterocycles. The van der Waals surface area contributed by atoms with Gasteiger partial charge >= 0.3 is 5.97 Å². The lowest BCUT2D eigenvalue weighted by molar-refractivity contribution is -0.145. The third-order valence-electron chi connectivity index (χ3n) is 3.45. The van der Waals surface area contributed by atoms with E-state index in [2.05, 4.69) is 4.90 Å². The van der Waals surface area contributed by atoms with Crippen LogP contribution in [0.1, 0.15) is 26.7 Å². The molecule has 0 bridgehead atoms. The van der Waals surface area contributed by atoms with E-state index in [9.17, 15) is 9.90 Å². The van der Waals surface area contributed by atoms with Gasteiger partial charge in [0.25, 0.3) is 0 Å². The standard InChI is InChI=1S/C12H23NO3/c1-9(12(15)16-3)8-13-6-4-11(5-7-13)10(2)14/h9-11,14H,4-8H2,1-3H3. The Morgan fingerprint density at radius 3 is 2.44 bits per heavy atom. The lowest BCUT2D eigenvalue weighted by Gasteiger charge is -2.34. The minimum absolute atomic E-state index is 0.0619. The second-order valence-corrected chi connectivity index (χ2v) is 4.80. The number of nitrogens with zero attached hydrogens (tertiary/aromatic N) is 1. The van der Waals surface area contributed by atoms with Crippen LogP contribution >= 0.6 is 0 Å². The molecule has 1 aliphatic heterocycles. The Hall–Kier alpha value is -0.610. The molecular formula is C12H23NO3. The summed E-state index contributed by atoms with van der Waals surface area (Å²) < 4.78 is 4.71. The minimum atomic E-state index is -0.208. The van der Waals surface area contributed by atoms with Crippen LogP contribution in [0.3, 0.4) is 0 Å². The van der Waals surface area contributed by atoms with Gasteiger partial charge in [-0.2, -0.15) is 0 Å². The van der Waals surface area contributed by atoms with Crippen LogP contribution in [-0.4, -0.2) is 48.8 Å². The summed E-state index contributed by atoms with van der Waals surface area (Å²) in [6, 6.07) is 0. The van der Waals surface area contributed by atoms with E-state index in [1.807, 2.05) is 13.8 Å². The lowest BCUT2D eigenvalue weighted by Crippen LogP contribution is -2.40. The number of ether oxygens (including phenoxy) is 1. The van der Waals surface area contributed by atoms with E-state index in [4.69, 9.17) is 4.74 Å². The van der Waals surface area contributed by atoms with Gasteiger partial charge in [0.15, 0.2) is 0 Å². The first-order valence-corrected chi connectivity index (χ1v) is 6.02. The number of carbonyl (C=O) groups excluding carboxylic acids is 1. The first-order chi connectivity index (χ1) is 7.54. The van der Waals surface area contributed by atoms with Crippen molar-refractivity contribution in [3.8, 4) is 0 Å². The summed E-state index contributed by atoms with van der Waals surface area (Å²) in [6.07, 6.45) is 1.83. The Morgan fingerprint density at radius 2 is 2.00 bits per heavy atom. The van der Waals surface area contributed by atoms with Gasteiger partial charge in [-0.15, -0.1) is 0 Å². The van der Waals surface area contributed by atoms with Crippen LogP contribution < -0.4 is 0 Å². The van der Waals surface area contributed by atoms with Gasteiger partial charge in [-0.3, -0.25) is 4.79 Å². The van der Waals surface area contributed by atoms with Crippen molar-refractivity contribution in [1.82, 2.24) is 4.90 Å². The SMILES string of the molecule is COC(=O)C(C)CN1CCC(C(C)O)CC1. The van der Waals surface area contributed by atoms with Crippen molar-refractivity contribution in [2.24, 2.45) is 11.8 Å². The van der Waals surface area contributed by atoms with Crippen LogP contribution in [-0.2, 0) is 9.53 Å². The van der Waals surface area contributed by atoms with Crippen LogP contribution in [0.15, 0.2) is 0 Å².